The van der Waals surface area contributed by atoms with E-state index in [0.717, 1.165) is 17.0 Å². The zero-order valence-corrected chi connectivity index (χ0v) is 16.1. The third kappa shape index (κ3) is 3.94. The van der Waals surface area contributed by atoms with Gasteiger partial charge in [0.1, 0.15) is 11.6 Å². The van der Waals surface area contributed by atoms with Crippen molar-refractivity contribution in [2.24, 2.45) is 0 Å². The van der Waals surface area contributed by atoms with Gasteiger partial charge in [0.05, 0.1) is 39.4 Å². The van der Waals surface area contributed by atoms with Gasteiger partial charge in [0.25, 0.3) is 0 Å². The number of aryl methyl sites for hydroxylation is 2. The lowest BCUT2D eigenvalue weighted by atomic mass is 10.1. The molecule has 2 aromatic heterocycles. The minimum Gasteiger partial charge on any atom is -0.496 e. The molecule has 0 spiro atoms. The molecule has 0 aliphatic rings. The van der Waals surface area contributed by atoms with Gasteiger partial charge in [-0.3, -0.25) is 4.98 Å². The highest BCUT2D eigenvalue weighted by molar-refractivity contribution is 5.52. The fourth-order valence-corrected chi connectivity index (χ4v) is 2.82. The third-order valence-corrected chi connectivity index (χ3v) is 4.09. The summed E-state index contributed by atoms with van der Waals surface area (Å²) in [6.45, 7) is 4.41. The first-order chi connectivity index (χ1) is 13.0. The van der Waals surface area contributed by atoms with Crippen LogP contribution >= 0.6 is 0 Å². The molecule has 0 saturated carbocycles. The van der Waals surface area contributed by atoms with E-state index in [4.69, 9.17) is 14.2 Å². The number of rotatable bonds is 7. The molecule has 0 radical (unpaired) electrons. The Morgan fingerprint density at radius 3 is 2.26 bits per heavy atom. The summed E-state index contributed by atoms with van der Waals surface area (Å²) in [4.78, 5) is 8.86. The molecule has 2 heterocycles. The third-order valence-electron chi connectivity index (χ3n) is 4.09. The van der Waals surface area contributed by atoms with Crippen LogP contribution in [0.4, 0.5) is 5.82 Å². The summed E-state index contributed by atoms with van der Waals surface area (Å²) in [7, 11) is 4.81. The Labute approximate surface area is 158 Å². The van der Waals surface area contributed by atoms with Crippen LogP contribution in [0.3, 0.4) is 0 Å². The minimum absolute atomic E-state index is 0.485. The summed E-state index contributed by atoms with van der Waals surface area (Å²) in [5.41, 5.74) is 2.84. The van der Waals surface area contributed by atoms with E-state index >= 15 is 0 Å². The molecule has 0 aliphatic heterocycles. The molecule has 1 aromatic carbocycles. The molecule has 8 nitrogen and oxygen atoms in total. The summed E-state index contributed by atoms with van der Waals surface area (Å²) in [6, 6.07) is 5.67. The van der Waals surface area contributed by atoms with Gasteiger partial charge < -0.3 is 19.5 Å². The van der Waals surface area contributed by atoms with Crippen LogP contribution < -0.4 is 19.5 Å². The van der Waals surface area contributed by atoms with Gasteiger partial charge in [0.15, 0.2) is 17.3 Å². The molecular formula is C19H23N5O3. The van der Waals surface area contributed by atoms with Crippen molar-refractivity contribution < 1.29 is 14.2 Å². The number of benzene rings is 1. The molecule has 0 amide bonds. The first-order valence-corrected chi connectivity index (χ1v) is 8.44. The van der Waals surface area contributed by atoms with Crippen LogP contribution in [0.5, 0.6) is 17.2 Å². The van der Waals surface area contributed by atoms with Crippen molar-refractivity contribution in [1.82, 2.24) is 19.7 Å². The van der Waals surface area contributed by atoms with Crippen LogP contribution in [0.2, 0.25) is 0 Å². The highest BCUT2D eigenvalue weighted by Gasteiger charge is 2.12. The summed E-state index contributed by atoms with van der Waals surface area (Å²) >= 11 is 0. The molecule has 0 bridgehead atoms. The molecule has 1 N–H and O–H groups in total. The van der Waals surface area contributed by atoms with Crippen LogP contribution in [-0.2, 0) is 6.54 Å². The van der Waals surface area contributed by atoms with Crippen molar-refractivity contribution in [1.29, 1.82) is 0 Å². The maximum absolute atomic E-state index is 5.46. The molecule has 0 fully saturated rings. The SMILES string of the molecule is COc1cc(OC)c(OC)cc1CNc1cncc(-n2nc(C)cc2C)n1. The van der Waals surface area contributed by atoms with E-state index in [1.165, 1.54) is 0 Å². The number of ether oxygens (including phenoxy) is 3. The van der Waals surface area contributed by atoms with Gasteiger partial charge in [-0.1, -0.05) is 0 Å². The van der Waals surface area contributed by atoms with Gasteiger partial charge in [0, 0.05) is 23.9 Å². The van der Waals surface area contributed by atoms with Crippen molar-refractivity contribution in [2.75, 3.05) is 26.6 Å². The van der Waals surface area contributed by atoms with Crippen molar-refractivity contribution in [3.8, 4) is 23.1 Å². The fraction of sp³-hybridized carbons (Fsp3) is 0.316. The number of hydrogen-bond donors (Lipinski definition) is 1. The molecule has 0 saturated heterocycles. The standard InChI is InChI=1S/C19H23N5O3/c1-12-6-13(2)24(23-12)19-11-20-10-18(22-19)21-9-14-7-16(26-4)17(27-5)8-15(14)25-3/h6-8,10-11H,9H2,1-5H3,(H,21,22). The van der Waals surface area contributed by atoms with E-state index in [9.17, 15) is 0 Å². The van der Waals surface area contributed by atoms with Crippen LogP contribution in [0.25, 0.3) is 5.82 Å². The topological polar surface area (TPSA) is 83.3 Å². The maximum Gasteiger partial charge on any atom is 0.174 e. The van der Waals surface area contributed by atoms with Gasteiger partial charge in [-0.2, -0.15) is 5.10 Å². The van der Waals surface area contributed by atoms with Crippen LogP contribution in [0, 0.1) is 13.8 Å². The normalized spacial score (nSPS) is 10.6. The number of anilines is 1. The average molecular weight is 369 g/mol. The monoisotopic (exact) mass is 369 g/mol. The Bertz CT molecular complexity index is 939. The highest BCUT2D eigenvalue weighted by atomic mass is 16.5. The second kappa shape index (κ2) is 7.94. The lowest BCUT2D eigenvalue weighted by Gasteiger charge is -2.15. The highest BCUT2D eigenvalue weighted by Crippen LogP contribution is 2.34. The predicted octanol–water partition coefficient (Wildman–Crippen LogP) is 2.92. The maximum atomic E-state index is 5.46. The first-order valence-electron chi connectivity index (χ1n) is 8.44. The molecule has 3 aromatic rings. The van der Waals surface area contributed by atoms with Crippen molar-refractivity contribution in [2.45, 2.75) is 20.4 Å². The van der Waals surface area contributed by atoms with Crippen LogP contribution in [0.1, 0.15) is 17.0 Å². The van der Waals surface area contributed by atoms with Crippen LogP contribution in [-0.4, -0.2) is 41.1 Å². The Kier molecular flexibility index (Phi) is 5.44. The summed E-state index contributed by atoms with van der Waals surface area (Å²) < 4.78 is 17.9. The van der Waals surface area contributed by atoms with E-state index in [1.54, 1.807) is 44.5 Å². The van der Waals surface area contributed by atoms with Gasteiger partial charge in [0.2, 0.25) is 0 Å². The second-order valence-corrected chi connectivity index (χ2v) is 5.97. The van der Waals surface area contributed by atoms with Gasteiger partial charge in [-0.05, 0) is 26.0 Å². The molecule has 3 rings (SSSR count). The number of methoxy groups -OCH3 is 3. The molecule has 0 unspecified atom stereocenters. The molecule has 8 heteroatoms. The van der Waals surface area contributed by atoms with Crippen molar-refractivity contribution in [3.05, 3.63) is 47.5 Å². The summed E-state index contributed by atoms with van der Waals surface area (Å²) in [5.74, 6) is 3.24. The Balaban J connectivity index is 1.83. The van der Waals surface area contributed by atoms with Crippen molar-refractivity contribution >= 4 is 5.82 Å². The summed E-state index contributed by atoms with van der Waals surface area (Å²) in [5, 5.41) is 7.71. The smallest absolute Gasteiger partial charge is 0.174 e. The first kappa shape index (κ1) is 18.5. The molecule has 0 aliphatic carbocycles. The molecular weight excluding hydrogens is 346 g/mol. The van der Waals surface area contributed by atoms with Gasteiger partial charge in [-0.15, -0.1) is 0 Å². The van der Waals surface area contributed by atoms with Crippen molar-refractivity contribution in [3.63, 3.8) is 0 Å². The second-order valence-electron chi connectivity index (χ2n) is 5.97. The number of nitrogens with one attached hydrogen (secondary N) is 1. The lowest BCUT2D eigenvalue weighted by molar-refractivity contribution is 0.347. The zero-order chi connectivity index (χ0) is 19.4. The molecule has 27 heavy (non-hydrogen) atoms. The zero-order valence-electron chi connectivity index (χ0n) is 16.1. The predicted molar refractivity (Wildman–Crippen MR) is 102 cm³/mol. The Morgan fingerprint density at radius 1 is 0.926 bits per heavy atom. The summed E-state index contributed by atoms with van der Waals surface area (Å²) in [6.07, 6.45) is 3.35. The quantitative estimate of drug-likeness (QED) is 0.685. The Hall–Kier alpha value is -3.29. The lowest BCUT2D eigenvalue weighted by Crippen LogP contribution is -2.08. The number of hydrogen-bond acceptors (Lipinski definition) is 7. The number of aromatic nitrogens is 4. The minimum atomic E-state index is 0.485. The van der Waals surface area contributed by atoms with E-state index in [-0.39, 0.29) is 0 Å². The fourth-order valence-electron chi connectivity index (χ4n) is 2.82. The number of nitrogens with zero attached hydrogens (tertiary/aromatic N) is 4. The van der Waals surface area contributed by atoms with E-state index < -0.39 is 0 Å². The van der Waals surface area contributed by atoms with E-state index in [1.807, 2.05) is 26.0 Å². The van der Waals surface area contributed by atoms with E-state index in [2.05, 4.69) is 20.4 Å². The van der Waals surface area contributed by atoms with Gasteiger partial charge >= 0.3 is 0 Å². The molecule has 0 atom stereocenters. The molecule has 142 valence electrons. The van der Waals surface area contributed by atoms with E-state index in [0.29, 0.717) is 35.4 Å². The van der Waals surface area contributed by atoms with Crippen LogP contribution in [0.15, 0.2) is 30.6 Å². The Morgan fingerprint density at radius 2 is 1.63 bits per heavy atom. The van der Waals surface area contributed by atoms with Gasteiger partial charge in [-0.25, -0.2) is 9.67 Å². The largest absolute Gasteiger partial charge is 0.496 e. The average Bonchev–Trinajstić information content (AvgIpc) is 3.03.